The second-order valence-corrected chi connectivity index (χ2v) is 41.4. The first-order valence-corrected chi connectivity index (χ1v) is 45.7. The molecule has 6 fully saturated rings. The standard InChI is InChI=1S/C49H59N3O12.C33H40N2O8Si.C6H16N2O2/c53-32-9-7-30-24-36-48(57)13-11-34(43-46(48,39(30)41(32)63-43)15-18-51(36)26-28-3-4-28)61-38(55)2-1-20-59-22-23-60-21-17-50-45(56)62-35-12-14-49(58)37-25-31-8-10-33(54)42-40(31)47(49,44(35)64-42)16-19-52(37)27-29-5-6-29;1-31(2,3)44(4,5)43-24-13-8-21-18-26-33(37)15-14-25(41-30(36)40-23-11-9-22(10-12-23)35(38)39)29-32(33,27(21)28(24)42-29)16-17-34(26)19-20-6-7-20;7-1-3-9-5-6-10-4-2-8/h7-12,28-29,36-37,43-44,53-54,57-58H,1-6,13-27H2,(H,50,56);8-14,20,26,29,37H,6-7,15-19H2,1-5H3;1-8H2/t36-,37-,43+,44+,46+,47+,48-,49-;26-,29+,32+,33-;/m10./s1. The highest BCUT2D eigenvalue weighted by atomic mass is 28.4. The van der Waals surface area contributed by atoms with Gasteiger partial charge in [0.25, 0.3) is 14.0 Å². The van der Waals surface area contributed by atoms with Gasteiger partial charge in [0, 0.05) is 119 Å². The number of alkyl carbamates (subject to hydrolysis) is 1. The van der Waals surface area contributed by atoms with E-state index in [9.17, 15) is 50.0 Å². The number of hydrogen-bond donors (Lipinski definition) is 8. The molecule has 4 aromatic rings. The van der Waals surface area contributed by atoms with Crippen LogP contribution in [0, 0.1) is 27.9 Å². The Balaban J connectivity index is 0.000000160. The van der Waals surface area contributed by atoms with Gasteiger partial charge in [0.1, 0.15) is 28.8 Å². The van der Waals surface area contributed by atoms with Crippen molar-refractivity contribution in [2.75, 3.05) is 112 Å². The van der Waals surface area contributed by atoms with E-state index in [4.69, 9.17) is 68.0 Å². The normalized spacial score (nSPS) is 30.4. The minimum Gasteiger partial charge on any atom is -0.541 e. The fourth-order valence-electron chi connectivity index (χ4n) is 21.5. The van der Waals surface area contributed by atoms with E-state index in [-0.39, 0.29) is 72.3 Å². The first kappa shape index (κ1) is 82.4. The number of aromatic hydroxyl groups is 2. The summed E-state index contributed by atoms with van der Waals surface area (Å²) in [5, 5.41) is 73.5. The molecule has 10 N–H and O–H groups in total. The van der Waals surface area contributed by atoms with Crippen LogP contribution in [0.25, 0.3) is 0 Å². The van der Waals surface area contributed by atoms with Crippen LogP contribution in [-0.4, -0.2) is 237 Å². The number of carbonyl (C=O) groups is 3. The molecule has 12 atom stereocenters. The highest BCUT2D eigenvalue weighted by Gasteiger charge is 2.76. The lowest BCUT2D eigenvalue weighted by Gasteiger charge is -2.62. The van der Waals surface area contributed by atoms with Crippen molar-refractivity contribution in [3.05, 3.63) is 140 Å². The van der Waals surface area contributed by atoms with E-state index in [1.165, 1.54) is 62.8 Å². The molecule has 29 nitrogen and oxygen atoms in total. The average Bonchev–Trinajstić information content (AvgIpc) is 1.46. The van der Waals surface area contributed by atoms with Gasteiger partial charge in [-0.2, -0.15) is 0 Å². The van der Waals surface area contributed by atoms with E-state index in [2.05, 4.69) is 59.9 Å². The van der Waals surface area contributed by atoms with Crippen molar-refractivity contribution < 1.29 is 101 Å². The van der Waals surface area contributed by atoms with E-state index < -0.39 is 82.8 Å². The number of carbonyl (C=O) groups excluding carboxylic acids is 3. The Labute approximate surface area is 688 Å². The summed E-state index contributed by atoms with van der Waals surface area (Å²) < 4.78 is 71.1. The number of ether oxygens (including phenoxy) is 11. The number of phenolic OH excluding ortho intramolecular Hbond substituents is 2. The molecular weight excluding hydrogens is 1540 g/mol. The summed E-state index contributed by atoms with van der Waals surface area (Å²) >= 11 is 0. The molecule has 0 radical (unpaired) electrons. The number of nitrogens with two attached hydrogens (primary N) is 2. The molecule has 4 aromatic carbocycles. The van der Waals surface area contributed by atoms with Gasteiger partial charge >= 0.3 is 18.2 Å². The molecule has 6 bridgehead atoms. The topological polar surface area (TPSA) is 380 Å². The number of nitrogens with one attached hydrogen (secondary N) is 1. The zero-order valence-corrected chi connectivity index (χ0v) is 69.4. The molecule has 0 aromatic heterocycles. The van der Waals surface area contributed by atoms with E-state index in [0.29, 0.717) is 169 Å². The number of phenols is 2. The van der Waals surface area contributed by atoms with Gasteiger partial charge in [0.2, 0.25) is 0 Å². The molecule has 6 heterocycles. The Morgan fingerprint density at radius 3 is 1.41 bits per heavy atom. The number of likely N-dealkylation sites (tertiary alicyclic amines) is 3. The van der Waals surface area contributed by atoms with Gasteiger partial charge in [0.05, 0.1) is 84.2 Å². The fraction of sp³-hybridized carbons (Fsp3) is 0.625. The Bertz CT molecular complexity index is 4440. The summed E-state index contributed by atoms with van der Waals surface area (Å²) in [4.78, 5) is 57.2. The van der Waals surface area contributed by atoms with Crippen LogP contribution >= 0.6 is 0 Å². The average molecular weight is 1650 g/mol. The second-order valence-electron chi connectivity index (χ2n) is 36.6. The SMILES string of the molecule is CC(C)(C)[Si](C)(C)Oc1ccc2c3c1O[C@@H]1C(OC(=O)Oc4ccc([N+](=O)[O-])cc4)=CC[C@]4(O)[C@H](C2)N(CC2CC2)CC[C@@]314.NCCOCCOCCN.O=C(CCCOCCOCCNC(=O)OC1=CC[C@@]2(O)[C@H]3Cc4ccc(O)c5c4[C@@]2(CCN3CC2CC2)[C@H]1O5)OC1=CC[C@@]2(O)[C@H]3Cc4ccc(O)c5c4[C@@]2(CCN3CC2CC2)[C@H]1O5. The largest absolute Gasteiger partial charge is 0.541 e. The first-order chi connectivity index (χ1) is 56.7. The summed E-state index contributed by atoms with van der Waals surface area (Å²) in [5.74, 6) is 5.01. The minimum absolute atomic E-state index is 0.0292. The Morgan fingerprint density at radius 2 is 0.966 bits per heavy atom. The first-order valence-electron chi connectivity index (χ1n) is 42.8. The number of aliphatic hydroxyl groups is 3. The Kier molecular flexibility index (Phi) is 22.4. The summed E-state index contributed by atoms with van der Waals surface area (Å²) in [6, 6.07) is 16.4. The van der Waals surface area contributed by atoms with Gasteiger partial charge in [-0.15, -0.1) is 0 Å². The number of non-ortho nitro benzene ring substituents is 1. The maximum Gasteiger partial charge on any atom is 0.519 e. The number of rotatable bonds is 30. The predicted octanol–water partition coefficient (Wildman–Crippen LogP) is 9.19. The number of amides is 1. The molecular formula is C88H115N7O22Si. The van der Waals surface area contributed by atoms with Gasteiger partial charge in [-0.25, -0.2) is 9.59 Å². The highest BCUT2D eigenvalue weighted by Crippen LogP contribution is 2.70. The van der Waals surface area contributed by atoms with Crippen molar-refractivity contribution in [3.63, 3.8) is 0 Å². The molecule has 19 rings (SSSR count). The molecule has 118 heavy (non-hydrogen) atoms. The van der Waals surface area contributed by atoms with Crippen LogP contribution in [0.5, 0.6) is 40.2 Å². The highest BCUT2D eigenvalue weighted by molar-refractivity contribution is 6.74. The summed E-state index contributed by atoms with van der Waals surface area (Å²) in [5.41, 5.74) is 10.5. The van der Waals surface area contributed by atoms with Gasteiger partial charge in [-0.3, -0.25) is 29.6 Å². The van der Waals surface area contributed by atoms with Crippen molar-refractivity contribution in [2.24, 2.45) is 29.2 Å². The molecule has 638 valence electrons. The molecule has 6 aliphatic heterocycles. The smallest absolute Gasteiger partial charge is 0.519 e. The lowest BCUT2D eigenvalue weighted by Crippen LogP contribution is -2.75. The molecule has 0 unspecified atom stereocenters. The van der Waals surface area contributed by atoms with Crippen LogP contribution in [0.3, 0.4) is 0 Å². The number of nitrogens with zero attached hydrogens (tertiary/aromatic N) is 4. The molecule has 3 saturated carbocycles. The number of hydrogen-bond acceptors (Lipinski definition) is 27. The maximum atomic E-state index is 13.2. The van der Waals surface area contributed by atoms with Gasteiger partial charge < -0.3 is 98.8 Å². The monoisotopic (exact) mass is 1650 g/mol. The van der Waals surface area contributed by atoms with E-state index in [1.54, 1.807) is 24.3 Å². The van der Waals surface area contributed by atoms with Crippen molar-refractivity contribution in [1.29, 1.82) is 0 Å². The minimum atomic E-state index is -2.24. The van der Waals surface area contributed by atoms with Crippen molar-refractivity contribution in [1.82, 2.24) is 20.0 Å². The van der Waals surface area contributed by atoms with Crippen LogP contribution in [0.1, 0.15) is 144 Å². The summed E-state index contributed by atoms with van der Waals surface area (Å²) in [7, 11) is -2.24. The van der Waals surface area contributed by atoms with E-state index in [1.807, 2.05) is 24.3 Å². The van der Waals surface area contributed by atoms with E-state index >= 15 is 0 Å². The zero-order valence-electron chi connectivity index (χ0n) is 68.4. The van der Waals surface area contributed by atoms with Crippen LogP contribution in [0.4, 0.5) is 15.3 Å². The fourth-order valence-corrected chi connectivity index (χ4v) is 22.5. The van der Waals surface area contributed by atoms with Gasteiger partial charge in [-0.1, -0.05) is 39.0 Å². The number of nitro benzene ring substituents is 1. The van der Waals surface area contributed by atoms with Crippen molar-refractivity contribution in [3.8, 4) is 40.2 Å². The number of esters is 1. The quantitative estimate of drug-likeness (QED) is 0.00458. The molecule has 3 spiro atoms. The van der Waals surface area contributed by atoms with Gasteiger partial charge in [-0.05, 0) is 204 Å². The maximum absolute atomic E-state index is 13.2. The third kappa shape index (κ3) is 14.4. The Hall–Kier alpha value is -7.95. The Morgan fingerprint density at radius 1 is 0.551 bits per heavy atom. The third-order valence-corrected chi connectivity index (χ3v) is 33.0. The zero-order chi connectivity index (χ0) is 82.5. The molecule has 15 aliphatic rings. The van der Waals surface area contributed by atoms with Crippen LogP contribution < -0.4 is 40.2 Å². The van der Waals surface area contributed by atoms with Crippen LogP contribution in [-0.2, 0) is 73.5 Å². The van der Waals surface area contributed by atoms with Crippen molar-refractivity contribution >= 4 is 32.2 Å². The molecule has 1 amide bonds. The third-order valence-electron chi connectivity index (χ3n) is 28.7. The molecule has 30 heteroatoms. The summed E-state index contributed by atoms with van der Waals surface area (Å²) in [6.07, 6.45) is 14.6. The predicted molar refractivity (Wildman–Crippen MR) is 432 cm³/mol. The molecule has 3 saturated heterocycles. The van der Waals surface area contributed by atoms with E-state index in [0.717, 1.165) is 79.1 Å². The van der Waals surface area contributed by atoms with Crippen LogP contribution in [0.15, 0.2) is 96.2 Å². The van der Waals surface area contributed by atoms with Crippen molar-refractivity contribution in [2.45, 2.75) is 218 Å². The number of piperidine rings is 3. The lowest BCUT2D eigenvalue weighted by atomic mass is 9.50. The van der Waals surface area contributed by atoms with Gasteiger partial charge in [0.15, 0.2) is 47.1 Å². The number of nitro groups is 1. The summed E-state index contributed by atoms with van der Waals surface area (Å²) in [6.45, 7) is 21.3. The number of benzene rings is 4. The molecule has 9 aliphatic carbocycles. The van der Waals surface area contributed by atoms with Crippen LogP contribution in [0.2, 0.25) is 18.1 Å². The lowest BCUT2D eigenvalue weighted by molar-refractivity contribution is -0.384. The second kappa shape index (κ2) is 32.1.